The summed E-state index contributed by atoms with van der Waals surface area (Å²) in [6.07, 6.45) is 1.60. The fourth-order valence-corrected chi connectivity index (χ4v) is 1.94. The monoisotopic (exact) mass is 234 g/mol. The predicted octanol–water partition coefficient (Wildman–Crippen LogP) is 1.97. The molecule has 0 unspecified atom stereocenters. The van der Waals surface area contributed by atoms with E-state index < -0.39 is 5.82 Å². The highest BCUT2D eigenvalue weighted by Crippen LogP contribution is 2.11. The van der Waals surface area contributed by atoms with Crippen molar-refractivity contribution < 1.29 is 4.39 Å². The fraction of sp³-hybridized carbons (Fsp3) is 0.0909. The lowest BCUT2D eigenvalue weighted by Crippen LogP contribution is -2.13. The molecule has 0 radical (unpaired) electrons. The number of halogens is 1. The van der Waals surface area contributed by atoms with Gasteiger partial charge in [0, 0.05) is 17.1 Å². The third kappa shape index (κ3) is 2.02. The van der Waals surface area contributed by atoms with Crippen molar-refractivity contribution in [3.05, 3.63) is 56.4 Å². The Kier molecular flexibility index (Phi) is 2.84. The van der Waals surface area contributed by atoms with Gasteiger partial charge in [-0.1, -0.05) is 11.3 Å². The Bertz CT molecular complexity index is 609. The van der Waals surface area contributed by atoms with E-state index in [1.165, 1.54) is 22.8 Å². The number of thiazole rings is 1. The number of hydrogen-bond donors (Lipinski definition) is 0. The lowest BCUT2D eigenvalue weighted by atomic mass is 10.1. The molecule has 0 saturated heterocycles. The molecule has 1 aromatic carbocycles. The number of hydrogen-bond acceptors (Lipinski definition) is 3. The zero-order valence-electron chi connectivity index (χ0n) is 8.18. The molecular formula is C11H7FN2OS. The van der Waals surface area contributed by atoms with Crippen LogP contribution in [0.5, 0.6) is 0 Å². The van der Waals surface area contributed by atoms with E-state index in [1.807, 2.05) is 6.07 Å². The standard InChI is InChI=1S/C11H7FN2OS/c12-10-2-1-8(6-13)5-9(10)7-14-3-4-16-11(14)15/h1-5H,7H2. The minimum atomic E-state index is -0.405. The van der Waals surface area contributed by atoms with Gasteiger partial charge in [0.2, 0.25) is 0 Å². The Morgan fingerprint density at radius 2 is 2.31 bits per heavy atom. The molecule has 0 bridgehead atoms. The van der Waals surface area contributed by atoms with Crippen LogP contribution in [-0.4, -0.2) is 4.57 Å². The topological polar surface area (TPSA) is 45.8 Å². The first-order chi connectivity index (χ1) is 7.70. The molecule has 0 aliphatic heterocycles. The lowest BCUT2D eigenvalue weighted by molar-refractivity contribution is 0.598. The Balaban J connectivity index is 2.38. The van der Waals surface area contributed by atoms with E-state index in [9.17, 15) is 9.18 Å². The van der Waals surface area contributed by atoms with E-state index in [2.05, 4.69) is 0 Å². The van der Waals surface area contributed by atoms with Gasteiger partial charge < -0.3 is 4.57 Å². The van der Waals surface area contributed by atoms with E-state index >= 15 is 0 Å². The molecule has 0 atom stereocenters. The van der Waals surface area contributed by atoms with Gasteiger partial charge in [-0.3, -0.25) is 4.79 Å². The van der Waals surface area contributed by atoms with Gasteiger partial charge in [-0.05, 0) is 18.2 Å². The Morgan fingerprint density at radius 1 is 1.50 bits per heavy atom. The van der Waals surface area contributed by atoms with Crippen molar-refractivity contribution >= 4 is 11.3 Å². The minimum absolute atomic E-state index is 0.137. The summed E-state index contributed by atoms with van der Waals surface area (Å²) in [6.45, 7) is 0.156. The molecule has 2 aromatic rings. The largest absolute Gasteiger partial charge is 0.307 e. The van der Waals surface area contributed by atoms with Gasteiger partial charge in [-0.2, -0.15) is 5.26 Å². The molecule has 3 nitrogen and oxygen atoms in total. The summed E-state index contributed by atoms with van der Waals surface area (Å²) in [5.41, 5.74) is 0.735. The second kappa shape index (κ2) is 4.29. The molecule has 5 heteroatoms. The first-order valence-electron chi connectivity index (χ1n) is 4.53. The average Bonchev–Trinajstić information content (AvgIpc) is 2.68. The summed E-state index contributed by atoms with van der Waals surface area (Å²) < 4.78 is 14.8. The van der Waals surface area contributed by atoms with Crippen LogP contribution in [0.3, 0.4) is 0 Å². The number of benzene rings is 1. The first kappa shape index (κ1) is 10.6. The third-order valence-electron chi connectivity index (χ3n) is 2.16. The molecule has 0 saturated carbocycles. The van der Waals surface area contributed by atoms with Crippen molar-refractivity contribution in [1.82, 2.24) is 4.57 Å². The highest BCUT2D eigenvalue weighted by atomic mass is 32.1. The number of rotatable bonds is 2. The van der Waals surface area contributed by atoms with E-state index in [4.69, 9.17) is 5.26 Å². The van der Waals surface area contributed by atoms with Crippen LogP contribution < -0.4 is 4.87 Å². The van der Waals surface area contributed by atoms with Crippen LogP contribution in [0.1, 0.15) is 11.1 Å². The van der Waals surface area contributed by atoms with E-state index in [0.29, 0.717) is 11.1 Å². The van der Waals surface area contributed by atoms with Crippen LogP contribution >= 0.6 is 11.3 Å². The average molecular weight is 234 g/mol. The van der Waals surface area contributed by atoms with Gasteiger partial charge in [-0.15, -0.1) is 0 Å². The lowest BCUT2D eigenvalue weighted by Gasteiger charge is -2.03. The second-order valence-corrected chi connectivity index (χ2v) is 4.07. The molecule has 1 aromatic heterocycles. The van der Waals surface area contributed by atoms with Crippen LogP contribution in [0.15, 0.2) is 34.6 Å². The van der Waals surface area contributed by atoms with Crippen molar-refractivity contribution in [1.29, 1.82) is 5.26 Å². The van der Waals surface area contributed by atoms with Gasteiger partial charge in [0.1, 0.15) is 5.82 Å². The summed E-state index contributed by atoms with van der Waals surface area (Å²) in [6, 6.07) is 6.05. The van der Waals surface area contributed by atoms with Crippen LogP contribution in [0.4, 0.5) is 4.39 Å². The first-order valence-corrected chi connectivity index (χ1v) is 5.41. The summed E-state index contributed by atoms with van der Waals surface area (Å²) in [7, 11) is 0. The molecule has 0 aliphatic carbocycles. The van der Waals surface area contributed by atoms with Crippen LogP contribution in [0.25, 0.3) is 0 Å². The van der Waals surface area contributed by atoms with Crippen LogP contribution in [0.2, 0.25) is 0 Å². The van der Waals surface area contributed by atoms with Crippen LogP contribution in [0, 0.1) is 17.1 Å². The minimum Gasteiger partial charge on any atom is -0.301 e. The van der Waals surface area contributed by atoms with Gasteiger partial charge >= 0.3 is 4.87 Å². The highest BCUT2D eigenvalue weighted by Gasteiger charge is 2.05. The molecule has 0 aliphatic rings. The van der Waals surface area contributed by atoms with Crippen molar-refractivity contribution in [2.45, 2.75) is 6.54 Å². The van der Waals surface area contributed by atoms with E-state index in [1.54, 1.807) is 11.6 Å². The maximum absolute atomic E-state index is 13.4. The maximum atomic E-state index is 13.4. The van der Waals surface area contributed by atoms with Gasteiger partial charge in [0.05, 0.1) is 18.2 Å². The summed E-state index contributed by atoms with van der Waals surface area (Å²) in [4.78, 5) is 11.1. The van der Waals surface area contributed by atoms with Crippen molar-refractivity contribution in [3.63, 3.8) is 0 Å². The highest BCUT2D eigenvalue weighted by molar-refractivity contribution is 7.07. The molecule has 0 spiro atoms. The quantitative estimate of drug-likeness (QED) is 0.797. The molecule has 16 heavy (non-hydrogen) atoms. The van der Waals surface area contributed by atoms with Gasteiger partial charge in [0.25, 0.3) is 0 Å². The van der Waals surface area contributed by atoms with E-state index in [-0.39, 0.29) is 11.4 Å². The zero-order chi connectivity index (χ0) is 11.5. The molecule has 0 fully saturated rings. The van der Waals surface area contributed by atoms with Crippen LogP contribution in [-0.2, 0) is 6.54 Å². The predicted molar refractivity (Wildman–Crippen MR) is 58.8 cm³/mol. The smallest absolute Gasteiger partial charge is 0.301 e. The summed E-state index contributed by atoms with van der Waals surface area (Å²) in [5, 5.41) is 10.3. The molecule has 0 N–H and O–H groups in total. The SMILES string of the molecule is N#Cc1ccc(F)c(Cn2ccsc2=O)c1. The number of aromatic nitrogens is 1. The van der Waals surface area contributed by atoms with Gasteiger partial charge in [0.15, 0.2) is 0 Å². The van der Waals surface area contributed by atoms with E-state index in [0.717, 1.165) is 11.3 Å². The molecular weight excluding hydrogens is 227 g/mol. The normalized spacial score (nSPS) is 10.0. The Hall–Kier alpha value is -1.93. The molecule has 0 amide bonds. The summed E-state index contributed by atoms with van der Waals surface area (Å²) in [5.74, 6) is -0.405. The molecule has 80 valence electrons. The zero-order valence-corrected chi connectivity index (χ0v) is 9.00. The van der Waals surface area contributed by atoms with Crippen molar-refractivity contribution in [2.24, 2.45) is 0 Å². The van der Waals surface area contributed by atoms with Crippen molar-refractivity contribution in [2.75, 3.05) is 0 Å². The van der Waals surface area contributed by atoms with Gasteiger partial charge in [-0.25, -0.2) is 4.39 Å². The Morgan fingerprint density at radius 3 is 2.94 bits per heavy atom. The molecule has 1 heterocycles. The maximum Gasteiger partial charge on any atom is 0.307 e. The molecule has 2 rings (SSSR count). The third-order valence-corrected chi connectivity index (χ3v) is 2.85. The Labute approximate surface area is 95.0 Å². The second-order valence-electron chi connectivity index (χ2n) is 3.21. The number of nitriles is 1. The summed E-state index contributed by atoms with van der Waals surface area (Å²) >= 11 is 1.06. The van der Waals surface area contributed by atoms with Crippen molar-refractivity contribution in [3.8, 4) is 6.07 Å². The number of nitrogens with zero attached hydrogens (tertiary/aromatic N) is 2. The fourth-order valence-electron chi connectivity index (χ4n) is 1.36.